The topological polar surface area (TPSA) is 78.9 Å². The molecule has 6 nitrogen and oxygen atoms in total. The Kier molecular flexibility index (Phi) is 55.2. The van der Waals surface area contributed by atoms with Crippen molar-refractivity contribution in [2.45, 2.75) is 329 Å². The summed E-state index contributed by atoms with van der Waals surface area (Å²) in [5.41, 5.74) is 0. The number of carbonyl (C=O) groups excluding carboxylic acids is 3. The number of hydrogen-bond donors (Lipinski definition) is 0. The number of rotatable bonds is 55. The molecule has 0 rings (SSSR count). The van der Waals surface area contributed by atoms with E-state index in [1.807, 2.05) is 0 Å². The van der Waals surface area contributed by atoms with Gasteiger partial charge in [0.25, 0.3) is 0 Å². The maximum absolute atomic E-state index is 12.8. The lowest BCUT2D eigenvalue weighted by molar-refractivity contribution is -0.167. The van der Waals surface area contributed by atoms with Crippen LogP contribution in [0.25, 0.3) is 0 Å². The average Bonchev–Trinajstić information content (AvgIpc) is 3.34. The number of unbranched alkanes of at least 4 members (excludes halogenated alkanes) is 38. The van der Waals surface area contributed by atoms with E-state index < -0.39 is 6.10 Å². The van der Waals surface area contributed by atoms with Gasteiger partial charge in [-0.05, 0) is 89.9 Å². The third-order valence-corrected chi connectivity index (χ3v) is 13.3. The minimum absolute atomic E-state index is 0.0761. The summed E-state index contributed by atoms with van der Waals surface area (Å²) in [5, 5.41) is 0. The molecular weight excluding hydrogens is 841 g/mol. The molecular formula is C62H114O6. The fourth-order valence-corrected chi connectivity index (χ4v) is 8.77. The molecule has 0 aromatic carbocycles. The molecule has 1 atom stereocenters. The zero-order chi connectivity index (χ0) is 49.3. The monoisotopic (exact) mass is 955 g/mol. The van der Waals surface area contributed by atoms with E-state index in [1.54, 1.807) is 0 Å². The summed E-state index contributed by atoms with van der Waals surface area (Å²) < 4.78 is 16.9. The Morgan fingerprint density at radius 2 is 0.500 bits per heavy atom. The van der Waals surface area contributed by atoms with Crippen molar-refractivity contribution in [2.75, 3.05) is 13.2 Å². The van der Waals surface area contributed by atoms with Crippen LogP contribution in [0.1, 0.15) is 323 Å². The smallest absolute Gasteiger partial charge is 0.306 e. The standard InChI is InChI=1S/C62H114O6/c1-4-7-10-13-16-19-22-24-26-28-29-30-31-32-33-34-36-37-40-43-46-49-52-55-61(64)67-58-59(57-66-60(63)54-51-48-45-42-39-21-18-15-12-9-6-3)68-62(65)56-53-50-47-44-41-38-35-27-25-23-20-17-14-11-8-5-2/h15,18,27-29,35,59H,4-14,16-17,19-26,30-34,36-58H2,1-3H3/b18-15-,29-28-,35-27-. The van der Waals surface area contributed by atoms with E-state index in [0.29, 0.717) is 19.3 Å². The van der Waals surface area contributed by atoms with E-state index in [4.69, 9.17) is 14.2 Å². The van der Waals surface area contributed by atoms with Crippen LogP contribution < -0.4 is 0 Å². The molecule has 398 valence electrons. The van der Waals surface area contributed by atoms with Crippen LogP contribution >= 0.6 is 0 Å². The molecule has 0 heterocycles. The molecule has 0 aliphatic rings. The van der Waals surface area contributed by atoms with E-state index in [9.17, 15) is 14.4 Å². The SMILES string of the molecule is CCCC/C=C\CCCCCCCC(=O)OCC(COC(=O)CCCCCCCCCCCCC/C=C\CCCCCCCCCC)OC(=O)CCCCCCC/C=C\CCCCCCCCC. The molecule has 0 aromatic rings. The zero-order valence-corrected chi connectivity index (χ0v) is 45.6. The third kappa shape index (κ3) is 54.6. The largest absolute Gasteiger partial charge is 0.462 e. The van der Waals surface area contributed by atoms with E-state index in [1.165, 1.54) is 212 Å². The molecule has 0 aromatic heterocycles. The minimum Gasteiger partial charge on any atom is -0.462 e. The average molecular weight is 956 g/mol. The molecule has 0 amide bonds. The van der Waals surface area contributed by atoms with Gasteiger partial charge in [-0.25, -0.2) is 0 Å². The molecule has 0 N–H and O–H groups in total. The van der Waals surface area contributed by atoms with Crippen molar-refractivity contribution in [1.82, 2.24) is 0 Å². The summed E-state index contributed by atoms with van der Waals surface area (Å²) in [6.07, 6.45) is 68.6. The highest BCUT2D eigenvalue weighted by atomic mass is 16.6. The summed E-state index contributed by atoms with van der Waals surface area (Å²) in [6.45, 7) is 6.62. The molecule has 68 heavy (non-hydrogen) atoms. The predicted octanol–water partition coefficient (Wildman–Crippen LogP) is 20.0. The Morgan fingerprint density at radius 3 is 0.779 bits per heavy atom. The van der Waals surface area contributed by atoms with E-state index in [-0.39, 0.29) is 31.1 Å². The molecule has 1 unspecified atom stereocenters. The lowest BCUT2D eigenvalue weighted by Gasteiger charge is -2.18. The van der Waals surface area contributed by atoms with Crippen LogP contribution in [0.4, 0.5) is 0 Å². The summed E-state index contributed by atoms with van der Waals surface area (Å²) in [4.78, 5) is 38.1. The van der Waals surface area contributed by atoms with E-state index in [0.717, 1.165) is 70.6 Å². The van der Waals surface area contributed by atoms with Gasteiger partial charge in [0.2, 0.25) is 0 Å². The van der Waals surface area contributed by atoms with Gasteiger partial charge in [0.15, 0.2) is 6.10 Å². The summed E-state index contributed by atoms with van der Waals surface area (Å²) in [5.74, 6) is -0.880. The van der Waals surface area contributed by atoms with Crippen molar-refractivity contribution in [3.63, 3.8) is 0 Å². The highest BCUT2D eigenvalue weighted by Gasteiger charge is 2.19. The molecule has 0 aliphatic carbocycles. The lowest BCUT2D eigenvalue weighted by Crippen LogP contribution is -2.30. The van der Waals surface area contributed by atoms with E-state index in [2.05, 4.69) is 57.2 Å². The lowest BCUT2D eigenvalue weighted by atomic mass is 10.0. The molecule has 0 saturated carbocycles. The van der Waals surface area contributed by atoms with Gasteiger partial charge in [0, 0.05) is 19.3 Å². The van der Waals surface area contributed by atoms with Crippen LogP contribution in [0.3, 0.4) is 0 Å². The molecule has 0 spiro atoms. The second-order valence-corrected chi connectivity index (χ2v) is 20.2. The molecule has 6 heteroatoms. The van der Waals surface area contributed by atoms with Crippen molar-refractivity contribution in [3.05, 3.63) is 36.5 Å². The Hall–Kier alpha value is -2.37. The van der Waals surface area contributed by atoms with Crippen LogP contribution in [0.2, 0.25) is 0 Å². The minimum atomic E-state index is -0.778. The highest BCUT2D eigenvalue weighted by Crippen LogP contribution is 2.16. The van der Waals surface area contributed by atoms with Crippen molar-refractivity contribution >= 4 is 17.9 Å². The molecule has 0 bridgehead atoms. The van der Waals surface area contributed by atoms with Crippen LogP contribution in [-0.2, 0) is 28.6 Å². The Bertz CT molecular complexity index is 1140. The van der Waals surface area contributed by atoms with Crippen molar-refractivity contribution in [2.24, 2.45) is 0 Å². The Labute approximate surface area is 423 Å². The number of ether oxygens (including phenoxy) is 3. The van der Waals surface area contributed by atoms with Crippen LogP contribution in [0, 0.1) is 0 Å². The quantitative estimate of drug-likeness (QED) is 0.0262. The summed E-state index contributed by atoms with van der Waals surface area (Å²) in [6, 6.07) is 0. The summed E-state index contributed by atoms with van der Waals surface area (Å²) >= 11 is 0. The van der Waals surface area contributed by atoms with Crippen LogP contribution in [-0.4, -0.2) is 37.2 Å². The Morgan fingerprint density at radius 1 is 0.279 bits per heavy atom. The van der Waals surface area contributed by atoms with Gasteiger partial charge in [-0.15, -0.1) is 0 Å². The number of carbonyl (C=O) groups is 3. The highest BCUT2D eigenvalue weighted by molar-refractivity contribution is 5.71. The second kappa shape index (κ2) is 57.2. The first-order valence-electron chi connectivity index (χ1n) is 30.0. The molecule has 0 saturated heterocycles. The maximum atomic E-state index is 12.8. The summed E-state index contributed by atoms with van der Waals surface area (Å²) in [7, 11) is 0. The third-order valence-electron chi connectivity index (χ3n) is 13.3. The number of hydrogen-bond acceptors (Lipinski definition) is 6. The number of esters is 3. The molecule has 0 radical (unpaired) electrons. The van der Waals surface area contributed by atoms with Gasteiger partial charge in [0.1, 0.15) is 13.2 Å². The van der Waals surface area contributed by atoms with Crippen LogP contribution in [0.15, 0.2) is 36.5 Å². The van der Waals surface area contributed by atoms with Gasteiger partial charge in [-0.1, -0.05) is 250 Å². The van der Waals surface area contributed by atoms with Gasteiger partial charge < -0.3 is 14.2 Å². The molecule has 0 aliphatic heterocycles. The zero-order valence-electron chi connectivity index (χ0n) is 45.6. The van der Waals surface area contributed by atoms with Gasteiger partial charge in [0.05, 0.1) is 0 Å². The second-order valence-electron chi connectivity index (χ2n) is 20.2. The van der Waals surface area contributed by atoms with Crippen molar-refractivity contribution in [3.8, 4) is 0 Å². The maximum Gasteiger partial charge on any atom is 0.306 e. The predicted molar refractivity (Wildman–Crippen MR) is 293 cm³/mol. The number of allylic oxidation sites excluding steroid dienone is 6. The molecule has 0 fully saturated rings. The van der Waals surface area contributed by atoms with E-state index >= 15 is 0 Å². The van der Waals surface area contributed by atoms with Gasteiger partial charge in [-0.3, -0.25) is 14.4 Å². The van der Waals surface area contributed by atoms with Gasteiger partial charge >= 0.3 is 17.9 Å². The first-order valence-corrected chi connectivity index (χ1v) is 30.0. The Balaban J connectivity index is 4.25. The van der Waals surface area contributed by atoms with Crippen molar-refractivity contribution < 1.29 is 28.6 Å². The van der Waals surface area contributed by atoms with Gasteiger partial charge in [-0.2, -0.15) is 0 Å². The van der Waals surface area contributed by atoms with Crippen molar-refractivity contribution in [1.29, 1.82) is 0 Å². The first kappa shape index (κ1) is 65.6. The first-order chi connectivity index (χ1) is 33.5. The normalized spacial score (nSPS) is 12.2. The van der Waals surface area contributed by atoms with Crippen LogP contribution in [0.5, 0.6) is 0 Å². The fourth-order valence-electron chi connectivity index (χ4n) is 8.77. The fraction of sp³-hybridized carbons (Fsp3) is 0.855.